The Labute approximate surface area is 194 Å². The van der Waals surface area contributed by atoms with E-state index < -0.39 is 0 Å². The van der Waals surface area contributed by atoms with Crippen molar-refractivity contribution in [2.45, 2.75) is 104 Å². The summed E-state index contributed by atoms with van der Waals surface area (Å²) in [6, 6.07) is 0. The van der Waals surface area contributed by atoms with Crippen LogP contribution >= 0.6 is 11.3 Å². The Morgan fingerprint density at radius 2 is 0.968 bits per heavy atom. The Balaban J connectivity index is 1.20. The Morgan fingerprint density at radius 1 is 0.613 bits per heavy atom. The van der Waals surface area contributed by atoms with Crippen LogP contribution in [0.3, 0.4) is 0 Å². The Bertz CT molecular complexity index is 731. The highest BCUT2D eigenvalue weighted by Gasteiger charge is 2.51. The summed E-state index contributed by atoms with van der Waals surface area (Å²) in [6.07, 6.45) is 10.9. The lowest BCUT2D eigenvalue weighted by atomic mass is 9.91. The van der Waals surface area contributed by atoms with Crippen molar-refractivity contribution in [1.29, 1.82) is 0 Å². The van der Waals surface area contributed by atoms with Gasteiger partial charge in [0.05, 0.1) is 24.4 Å². The van der Waals surface area contributed by atoms with Gasteiger partial charge in [0.2, 0.25) is 0 Å². The molecule has 0 bridgehead atoms. The third kappa shape index (κ3) is 4.94. The summed E-state index contributed by atoms with van der Waals surface area (Å²) in [7, 11) is 0. The number of thiophene rings is 1. The second-order valence-electron chi connectivity index (χ2n) is 12.9. The fraction of sp³-hybridized carbons (Fsp3) is 0.857. The maximum absolute atomic E-state index is 6.17. The second-order valence-corrected chi connectivity index (χ2v) is 14.1. The summed E-state index contributed by atoms with van der Waals surface area (Å²) in [5.74, 6) is 5.35. The van der Waals surface area contributed by atoms with Gasteiger partial charge in [0.1, 0.15) is 0 Å². The monoisotopic (exact) mass is 444 g/mol. The van der Waals surface area contributed by atoms with E-state index in [2.05, 4.69) is 52.9 Å². The molecule has 2 fully saturated rings. The fourth-order valence-corrected chi connectivity index (χ4v) is 8.19. The summed E-state index contributed by atoms with van der Waals surface area (Å²) in [6.45, 7) is 15.1. The maximum Gasteiger partial charge on any atom is 0.0598 e. The van der Waals surface area contributed by atoms with Gasteiger partial charge >= 0.3 is 0 Å². The highest BCUT2D eigenvalue weighted by molar-refractivity contribution is 7.12. The molecule has 1 aromatic heterocycles. The Hall–Kier alpha value is -0.380. The first-order chi connectivity index (χ1) is 14.6. The minimum Gasteiger partial charge on any atom is -0.376 e. The van der Waals surface area contributed by atoms with Crippen LogP contribution in [-0.4, -0.2) is 24.4 Å². The average Bonchev–Trinajstić information content (AvgIpc) is 3.47. The van der Waals surface area contributed by atoms with Gasteiger partial charge in [0.15, 0.2) is 0 Å². The molecule has 1 aromatic rings. The van der Waals surface area contributed by atoms with E-state index in [0.717, 1.165) is 48.7 Å². The quantitative estimate of drug-likeness (QED) is 0.505. The molecule has 5 rings (SSSR count). The van der Waals surface area contributed by atoms with Crippen LogP contribution in [0.15, 0.2) is 0 Å². The third-order valence-electron chi connectivity index (χ3n) is 8.58. The van der Waals surface area contributed by atoms with Gasteiger partial charge in [-0.3, -0.25) is 0 Å². The van der Waals surface area contributed by atoms with E-state index >= 15 is 0 Å². The molecule has 0 saturated heterocycles. The lowest BCUT2D eigenvalue weighted by Gasteiger charge is -2.19. The van der Waals surface area contributed by atoms with Crippen LogP contribution in [0, 0.1) is 35.5 Å². The first kappa shape index (κ1) is 22.4. The maximum atomic E-state index is 6.17. The van der Waals surface area contributed by atoms with E-state index in [1.165, 1.54) is 51.4 Å². The van der Waals surface area contributed by atoms with Crippen LogP contribution < -0.4 is 0 Å². The predicted molar refractivity (Wildman–Crippen MR) is 130 cm³/mol. The van der Waals surface area contributed by atoms with E-state index in [1.54, 1.807) is 20.9 Å². The summed E-state index contributed by atoms with van der Waals surface area (Å²) in [5.41, 5.74) is 3.59. The van der Waals surface area contributed by atoms with Gasteiger partial charge in [0.25, 0.3) is 0 Å². The standard InChI is InChI=1S/C28H44O2S/c1-27(2,3)29-15-23-17-7-9-21-22-10-8-18-20(24(18)16-30-28(4,5)6)12-14-26(22)31-25(21)13-11-19(17)23/h17-20,23-24H,7-16H2,1-6H3/t17-,18-,19+,20+,23+,24+/m1/s1. The average molecular weight is 445 g/mol. The molecule has 0 radical (unpaired) electrons. The number of hydrogen-bond donors (Lipinski definition) is 0. The van der Waals surface area contributed by atoms with E-state index in [4.69, 9.17) is 9.47 Å². The predicted octanol–water partition coefficient (Wildman–Crippen LogP) is 6.86. The highest BCUT2D eigenvalue weighted by Crippen LogP contribution is 2.56. The van der Waals surface area contributed by atoms with Crippen molar-refractivity contribution in [3.63, 3.8) is 0 Å². The zero-order chi connectivity index (χ0) is 22.0. The molecule has 2 nitrogen and oxygen atoms in total. The molecule has 4 aliphatic carbocycles. The van der Waals surface area contributed by atoms with Gasteiger partial charge in [0, 0.05) is 9.75 Å². The van der Waals surface area contributed by atoms with Gasteiger partial charge in [-0.05, 0) is 140 Å². The summed E-state index contributed by atoms with van der Waals surface area (Å²) < 4.78 is 12.3. The molecule has 3 heteroatoms. The Kier molecular flexibility index (Phi) is 5.88. The summed E-state index contributed by atoms with van der Waals surface area (Å²) in [5, 5.41) is 0. The molecule has 174 valence electrons. The molecule has 0 amide bonds. The first-order valence-corrected chi connectivity index (χ1v) is 13.8. The van der Waals surface area contributed by atoms with Crippen LogP contribution in [0.2, 0.25) is 0 Å². The summed E-state index contributed by atoms with van der Waals surface area (Å²) in [4.78, 5) is 3.52. The smallest absolute Gasteiger partial charge is 0.0598 e. The van der Waals surface area contributed by atoms with Gasteiger partial charge in [-0.25, -0.2) is 0 Å². The molecule has 0 aliphatic heterocycles. The van der Waals surface area contributed by atoms with Gasteiger partial charge < -0.3 is 9.47 Å². The minimum atomic E-state index is 0.00273. The van der Waals surface area contributed by atoms with Gasteiger partial charge in [-0.15, -0.1) is 11.3 Å². The van der Waals surface area contributed by atoms with Crippen LogP contribution in [0.1, 0.15) is 88.1 Å². The number of hydrogen-bond acceptors (Lipinski definition) is 3. The molecule has 0 N–H and O–H groups in total. The number of rotatable bonds is 4. The number of aryl methyl sites for hydroxylation is 2. The van der Waals surface area contributed by atoms with Crippen LogP contribution in [0.25, 0.3) is 0 Å². The number of ether oxygens (including phenoxy) is 2. The van der Waals surface area contributed by atoms with Gasteiger partial charge in [-0.1, -0.05) is 0 Å². The van der Waals surface area contributed by atoms with Crippen molar-refractivity contribution < 1.29 is 9.47 Å². The zero-order valence-corrected chi connectivity index (χ0v) is 21.6. The lowest BCUT2D eigenvalue weighted by Crippen LogP contribution is -2.21. The van der Waals surface area contributed by atoms with Gasteiger partial charge in [-0.2, -0.15) is 0 Å². The molecule has 4 aliphatic rings. The van der Waals surface area contributed by atoms with Crippen molar-refractivity contribution in [2.24, 2.45) is 35.5 Å². The SMILES string of the molecule is CC(C)(C)OC[C@H]1[C@@H]2CCc3c(sc4c3CC[C@@H]3[C@H](CC4)[C@H]3COC(C)(C)C)CC[C@@H]21. The van der Waals surface area contributed by atoms with Crippen molar-refractivity contribution in [3.8, 4) is 0 Å². The molecule has 31 heavy (non-hydrogen) atoms. The van der Waals surface area contributed by atoms with E-state index in [-0.39, 0.29) is 11.2 Å². The zero-order valence-electron chi connectivity index (χ0n) is 20.8. The second kappa shape index (κ2) is 8.13. The molecule has 2 saturated carbocycles. The fourth-order valence-electron chi connectivity index (χ4n) is 6.76. The van der Waals surface area contributed by atoms with Crippen molar-refractivity contribution in [2.75, 3.05) is 13.2 Å². The molecular weight excluding hydrogens is 400 g/mol. The Morgan fingerprint density at radius 3 is 1.32 bits per heavy atom. The summed E-state index contributed by atoms with van der Waals surface area (Å²) >= 11 is 2.20. The topological polar surface area (TPSA) is 18.5 Å². The van der Waals surface area contributed by atoms with Crippen LogP contribution in [0.4, 0.5) is 0 Å². The molecule has 6 atom stereocenters. The van der Waals surface area contributed by atoms with Crippen molar-refractivity contribution in [1.82, 2.24) is 0 Å². The number of fused-ring (bicyclic) bond motifs is 5. The largest absolute Gasteiger partial charge is 0.376 e. The van der Waals surface area contributed by atoms with Crippen LogP contribution in [-0.2, 0) is 35.2 Å². The minimum absolute atomic E-state index is 0.00273. The third-order valence-corrected chi connectivity index (χ3v) is 9.98. The lowest BCUT2D eigenvalue weighted by molar-refractivity contribution is -0.0126. The highest BCUT2D eigenvalue weighted by atomic mass is 32.1. The van der Waals surface area contributed by atoms with Crippen LogP contribution in [0.5, 0.6) is 0 Å². The van der Waals surface area contributed by atoms with E-state index in [0.29, 0.717) is 0 Å². The van der Waals surface area contributed by atoms with Crippen molar-refractivity contribution >= 4 is 11.3 Å². The first-order valence-electron chi connectivity index (χ1n) is 13.0. The molecule has 1 heterocycles. The normalized spacial score (nSPS) is 34.9. The van der Waals surface area contributed by atoms with E-state index in [9.17, 15) is 0 Å². The van der Waals surface area contributed by atoms with E-state index in [1.807, 2.05) is 0 Å². The molecule has 0 spiro atoms. The molecule has 0 aromatic carbocycles. The molecule has 0 unspecified atom stereocenters. The molecular formula is C28H44O2S. The van der Waals surface area contributed by atoms with Crippen molar-refractivity contribution in [3.05, 3.63) is 20.9 Å².